The number of ether oxygens (including phenoxy) is 2. The van der Waals surface area contributed by atoms with E-state index in [1.54, 1.807) is 32.4 Å². The lowest BCUT2D eigenvalue weighted by atomic mass is 10.1. The normalized spacial score (nSPS) is 12.1. The molecule has 5 nitrogen and oxygen atoms in total. The van der Waals surface area contributed by atoms with Gasteiger partial charge in [0.2, 0.25) is 0 Å². The van der Waals surface area contributed by atoms with Crippen molar-refractivity contribution in [3.05, 3.63) is 18.2 Å². The van der Waals surface area contributed by atoms with Crippen molar-refractivity contribution in [2.45, 2.75) is 19.9 Å². The molecule has 1 unspecified atom stereocenters. The number of halogens is 1. The van der Waals surface area contributed by atoms with Crippen molar-refractivity contribution in [1.82, 2.24) is 0 Å². The number of guanidine groups is 1. The molecule has 0 aliphatic rings. The summed E-state index contributed by atoms with van der Waals surface area (Å²) in [4.78, 5) is 4.27. The number of hydrogen-bond donors (Lipinski definition) is 2. The zero-order chi connectivity index (χ0) is 15.1. The SMILES string of the molecule is C#CC(N=C(N)Nc1cc(OC)ccc1OC)C(C)C.I. The Balaban J connectivity index is 0.00000400. The average Bonchev–Trinajstić information content (AvgIpc) is 2.44. The number of anilines is 1. The summed E-state index contributed by atoms with van der Waals surface area (Å²) in [5, 5.41) is 2.98. The zero-order valence-corrected chi connectivity index (χ0v) is 15.0. The van der Waals surface area contributed by atoms with Gasteiger partial charge in [0, 0.05) is 6.07 Å². The van der Waals surface area contributed by atoms with Crippen LogP contribution in [0.4, 0.5) is 5.69 Å². The van der Waals surface area contributed by atoms with Crippen LogP contribution in [0.15, 0.2) is 23.2 Å². The maximum Gasteiger partial charge on any atom is 0.194 e. The van der Waals surface area contributed by atoms with E-state index in [9.17, 15) is 0 Å². The fourth-order valence-corrected chi connectivity index (χ4v) is 1.61. The molecule has 0 heterocycles. The first-order valence-electron chi connectivity index (χ1n) is 6.30. The van der Waals surface area contributed by atoms with Gasteiger partial charge in [-0.3, -0.25) is 0 Å². The summed E-state index contributed by atoms with van der Waals surface area (Å²) >= 11 is 0. The minimum absolute atomic E-state index is 0. The van der Waals surface area contributed by atoms with Crippen LogP contribution in [0.25, 0.3) is 0 Å². The number of nitrogens with zero attached hydrogens (tertiary/aromatic N) is 1. The van der Waals surface area contributed by atoms with Crippen LogP contribution >= 0.6 is 24.0 Å². The summed E-state index contributed by atoms with van der Waals surface area (Å²) < 4.78 is 10.4. The van der Waals surface area contributed by atoms with E-state index in [-0.39, 0.29) is 41.9 Å². The van der Waals surface area contributed by atoms with Gasteiger partial charge < -0.3 is 20.5 Å². The van der Waals surface area contributed by atoms with Crippen LogP contribution in [0, 0.1) is 18.3 Å². The van der Waals surface area contributed by atoms with Crippen molar-refractivity contribution < 1.29 is 9.47 Å². The van der Waals surface area contributed by atoms with Crippen LogP contribution in [0.2, 0.25) is 0 Å². The molecule has 21 heavy (non-hydrogen) atoms. The van der Waals surface area contributed by atoms with Crippen molar-refractivity contribution in [3.63, 3.8) is 0 Å². The Morgan fingerprint density at radius 2 is 2.00 bits per heavy atom. The van der Waals surface area contributed by atoms with Crippen LogP contribution in [0.1, 0.15) is 13.8 Å². The van der Waals surface area contributed by atoms with Gasteiger partial charge in [-0.25, -0.2) is 4.99 Å². The largest absolute Gasteiger partial charge is 0.497 e. The number of methoxy groups -OCH3 is 2. The van der Waals surface area contributed by atoms with Crippen LogP contribution in [0.3, 0.4) is 0 Å². The molecular weight excluding hydrogens is 381 g/mol. The molecule has 0 bridgehead atoms. The molecule has 1 atom stereocenters. The lowest BCUT2D eigenvalue weighted by Crippen LogP contribution is -2.26. The molecule has 0 radical (unpaired) electrons. The van der Waals surface area contributed by atoms with Crippen LogP contribution in [-0.4, -0.2) is 26.2 Å². The number of nitrogens with two attached hydrogens (primary N) is 1. The highest BCUT2D eigenvalue weighted by atomic mass is 127. The number of benzene rings is 1. The molecule has 0 aliphatic carbocycles. The van der Waals surface area contributed by atoms with Crippen molar-refractivity contribution in [1.29, 1.82) is 0 Å². The number of aliphatic imine (C=N–C) groups is 1. The molecule has 1 rings (SSSR count). The van der Waals surface area contributed by atoms with E-state index in [1.165, 1.54) is 0 Å². The second-order valence-electron chi connectivity index (χ2n) is 4.56. The summed E-state index contributed by atoms with van der Waals surface area (Å²) in [6, 6.07) is 5.10. The topological polar surface area (TPSA) is 68.9 Å². The molecule has 1 aromatic carbocycles. The van der Waals surface area contributed by atoms with Gasteiger partial charge in [-0.15, -0.1) is 30.4 Å². The quantitative estimate of drug-likeness (QED) is 0.343. The third kappa shape index (κ3) is 5.71. The van der Waals surface area contributed by atoms with Gasteiger partial charge in [0.1, 0.15) is 17.5 Å². The summed E-state index contributed by atoms with van der Waals surface area (Å²) in [6.45, 7) is 3.99. The van der Waals surface area contributed by atoms with Crippen LogP contribution in [0.5, 0.6) is 11.5 Å². The third-order valence-corrected chi connectivity index (χ3v) is 2.75. The zero-order valence-electron chi connectivity index (χ0n) is 12.7. The predicted octanol–water partition coefficient (Wildman–Crippen LogP) is 2.71. The molecular formula is C15H22IN3O2. The highest BCUT2D eigenvalue weighted by Crippen LogP contribution is 2.28. The van der Waals surface area contributed by atoms with Gasteiger partial charge in [0.15, 0.2) is 5.96 Å². The second-order valence-corrected chi connectivity index (χ2v) is 4.56. The van der Waals surface area contributed by atoms with E-state index in [2.05, 4.69) is 16.2 Å². The fraction of sp³-hybridized carbons (Fsp3) is 0.400. The first-order valence-corrected chi connectivity index (χ1v) is 6.30. The standard InChI is InChI=1S/C15H21N3O2.HI/c1-6-12(10(2)3)17-15(16)18-13-9-11(19-4)7-8-14(13)20-5;/h1,7-10,12H,2-5H3,(H3,16,17,18);1H. The summed E-state index contributed by atoms with van der Waals surface area (Å²) in [5.74, 6) is 4.40. The van der Waals surface area contributed by atoms with Gasteiger partial charge in [-0.05, 0) is 18.1 Å². The Hall–Kier alpha value is -1.62. The highest BCUT2D eigenvalue weighted by Gasteiger charge is 2.10. The van der Waals surface area contributed by atoms with Gasteiger partial charge in [-0.2, -0.15) is 0 Å². The smallest absolute Gasteiger partial charge is 0.194 e. The number of rotatable bonds is 5. The van der Waals surface area contributed by atoms with Gasteiger partial charge in [0.25, 0.3) is 0 Å². The van der Waals surface area contributed by atoms with Crippen molar-refractivity contribution in [2.75, 3.05) is 19.5 Å². The molecule has 0 fully saturated rings. The van der Waals surface area contributed by atoms with Crippen molar-refractivity contribution in [2.24, 2.45) is 16.6 Å². The van der Waals surface area contributed by atoms with E-state index < -0.39 is 0 Å². The molecule has 0 amide bonds. The van der Waals surface area contributed by atoms with Gasteiger partial charge in [0.05, 0.1) is 19.9 Å². The number of nitrogens with one attached hydrogen (secondary N) is 1. The molecule has 0 aromatic heterocycles. The maximum absolute atomic E-state index is 5.88. The van der Waals surface area contributed by atoms with E-state index in [0.29, 0.717) is 17.2 Å². The average molecular weight is 403 g/mol. The summed E-state index contributed by atoms with van der Waals surface area (Å²) in [7, 11) is 3.18. The molecule has 116 valence electrons. The van der Waals surface area contributed by atoms with E-state index in [1.807, 2.05) is 13.8 Å². The molecule has 6 heteroatoms. The third-order valence-electron chi connectivity index (χ3n) is 2.75. The Morgan fingerprint density at radius 1 is 1.33 bits per heavy atom. The molecule has 0 aliphatic heterocycles. The fourth-order valence-electron chi connectivity index (χ4n) is 1.61. The molecule has 0 saturated carbocycles. The molecule has 3 N–H and O–H groups in total. The lowest BCUT2D eigenvalue weighted by molar-refractivity contribution is 0.405. The van der Waals surface area contributed by atoms with Crippen molar-refractivity contribution in [3.8, 4) is 23.8 Å². The monoisotopic (exact) mass is 403 g/mol. The second kappa shape index (κ2) is 9.34. The van der Waals surface area contributed by atoms with Crippen molar-refractivity contribution >= 4 is 35.6 Å². The molecule has 0 saturated heterocycles. The van der Waals surface area contributed by atoms with Gasteiger partial charge >= 0.3 is 0 Å². The van der Waals surface area contributed by atoms with E-state index in [0.717, 1.165) is 0 Å². The minimum atomic E-state index is -0.265. The van der Waals surface area contributed by atoms with E-state index in [4.69, 9.17) is 21.6 Å². The summed E-state index contributed by atoms with van der Waals surface area (Å²) in [5.41, 5.74) is 6.56. The van der Waals surface area contributed by atoms with Crippen LogP contribution in [-0.2, 0) is 0 Å². The number of hydrogen-bond acceptors (Lipinski definition) is 3. The van der Waals surface area contributed by atoms with Crippen LogP contribution < -0.4 is 20.5 Å². The lowest BCUT2D eigenvalue weighted by Gasteiger charge is -2.14. The maximum atomic E-state index is 5.88. The molecule has 1 aromatic rings. The Labute approximate surface area is 143 Å². The minimum Gasteiger partial charge on any atom is -0.497 e. The first kappa shape index (κ1) is 19.4. The molecule has 0 spiro atoms. The highest BCUT2D eigenvalue weighted by molar-refractivity contribution is 14.0. The summed E-state index contributed by atoms with van der Waals surface area (Å²) in [6.07, 6.45) is 5.43. The van der Waals surface area contributed by atoms with Gasteiger partial charge in [-0.1, -0.05) is 19.8 Å². The first-order chi connectivity index (χ1) is 9.51. The Morgan fingerprint density at radius 3 is 2.48 bits per heavy atom. The number of terminal acetylenes is 1. The predicted molar refractivity (Wildman–Crippen MR) is 97.7 cm³/mol. The Bertz CT molecular complexity index is 524. The Kier molecular flexibility index (Phi) is 8.62. The van der Waals surface area contributed by atoms with E-state index >= 15 is 0 Å².